The first-order chi connectivity index (χ1) is 13.0. The number of hydrogen-bond donors (Lipinski definition) is 1. The van der Waals surface area contributed by atoms with Gasteiger partial charge >= 0.3 is 0 Å². The van der Waals surface area contributed by atoms with Gasteiger partial charge in [-0.25, -0.2) is 5.43 Å². The van der Waals surface area contributed by atoms with Gasteiger partial charge in [0, 0.05) is 27.1 Å². The summed E-state index contributed by atoms with van der Waals surface area (Å²) in [6.45, 7) is 8.65. The Bertz CT molecular complexity index is 850. The molecule has 1 aromatic carbocycles. The molecule has 5 nitrogen and oxygen atoms in total. The van der Waals surface area contributed by atoms with Crippen molar-refractivity contribution in [1.82, 2.24) is 14.9 Å². The predicted molar refractivity (Wildman–Crippen MR) is 114 cm³/mol. The van der Waals surface area contributed by atoms with Crippen LogP contribution in [-0.2, 0) is 4.79 Å². The van der Waals surface area contributed by atoms with Crippen molar-refractivity contribution in [2.24, 2.45) is 5.10 Å². The molecule has 144 valence electrons. The van der Waals surface area contributed by atoms with Crippen LogP contribution in [0.2, 0.25) is 0 Å². The van der Waals surface area contributed by atoms with Crippen LogP contribution in [0.3, 0.4) is 0 Å². The van der Waals surface area contributed by atoms with E-state index < -0.39 is 0 Å². The first kappa shape index (κ1) is 19.8. The van der Waals surface area contributed by atoms with Crippen LogP contribution >= 0.6 is 15.9 Å². The van der Waals surface area contributed by atoms with Gasteiger partial charge in [0.2, 0.25) is 0 Å². The number of carbonyl (C=O) groups is 1. The van der Waals surface area contributed by atoms with E-state index in [1.165, 1.54) is 24.8 Å². The molecule has 0 bridgehead atoms. The van der Waals surface area contributed by atoms with Gasteiger partial charge in [0.25, 0.3) is 5.91 Å². The van der Waals surface area contributed by atoms with Gasteiger partial charge in [0.1, 0.15) is 0 Å². The highest BCUT2D eigenvalue weighted by atomic mass is 79.9. The Morgan fingerprint density at radius 2 is 1.93 bits per heavy atom. The van der Waals surface area contributed by atoms with Crippen LogP contribution in [0.15, 0.2) is 33.8 Å². The van der Waals surface area contributed by atoms with Gasteiger partial charge in [-0.2, -0.15) is 5.10 Å². The first-order valence-electron chi connectivity index (χ1n) is 9.46. The molecule has 1 saturated heterocycles. The average molecular weight is 431 g/mol. The zero-order valence-corrected chi connectivity index (χ0v) is 17.8. The zero-order valence-electron chi connectivity index (χ0n) is 16.3. The van der Waals surface area contributed by atoms with E-state index in [-0.39, 0.29) is 5.91 Å². The van der Waals surface area contributed by atoms with E-state index in [0.29, 0.717) is 6.54 Å². The Hall–Kier alpha value is -1.92. The van der Waals surface area contributed by atoms with Crippen molar-refractivity contribution >= 4 is 28.1 Å². The number of amides is 1. The van der Waals surface area contributed by atoms with E-state index in [4.69, 9.17) is 0 Å². The highest BCUT2D eigenvalue weighted by Crippen LogP contribution is 2.29. The minimum atomic E-state index is -0.0586. The fourth-order valence-electron chi connectivity index (χ4n) is 3.65. The number of nitrogens with one attached hydrogen (secondary N) is 1. The van der Waals surface area contributed by atoms with Crippen molar-refractivity contribution in [1.29, 1.82) is 0 Å². The number of hydrazone groups is 1. The molecule has 6 heteroatoms. The zero-order chi connectivity index (χ0) is 19.4. The van der Waals surface area contributed by atoms with Crippen molar-refractivity contribution in [3.05, 3.63) is 51.3 Å². The summed E-state index contributed by atoms with van der Waals surface area (Å²) in [5.41, 5.74) is 8.18. The van der Waals surface area contributed by atoms with Gasteiger partial charge < -0.3 is 4.57 Å². The molecule has 1 aromatic heterocycles. The number of carbonyl (C=O) groups excluding carboxylic acids is 1. The number of rotatable bonds is 5. The van der Waals surface area contributed by atoms with Crippen molar-refractivity contribution in [3.63, 3.8) is 0 Å². The summed E-state index contributed by atoms with van der Waals surface area (Å²) in [4.78, 5) is 14.3. The predicted octanol–water partition coefficient (Wildman–Crippen LogP) is 4.10. The normalized spacial score (nSPS) is 15.4. The van der Waals surface area contributed by atoms with E-state index in [0.717, 1.165) is 40.2 Å². The number of nitrogens with zero attached hydrogens (tertiary/aromatic N) is 3. The Kier molecular flexibility index (Phi) is 6.50. The molecule has 27 heavy (non-hydrogen) atoms. The summed E-state index contributed by atoms with van der Waals surface area (Å²) in [6.07, 6.45) is 5.34. The molecule has 2 heterocycles. The standard InChI is InChI=1S/C21H27BrN4O/c1-15-8-7-9-18(12-15)26-16(2)19(21(22)17(26)3)13-23-24-20(27)14-25-10-5-4-6-11-25/h7-9,12-13H,4-6,10-11,14H2,1-3H3,(H,24,27)/b23-13-. The van der Waals surface area contributed by atoms with Gasteiger partial charge in [-0.1, -0.05) is 18.6 Å². The molecule has 1 aliphatic heterocycles. The Morgan fingerprint density at radius 1 is 1.19 bits per heavy atom. The van der Waals surface area contributed by atoms with Gasteiger partial charge in [0.05, 0.1) is 12.8 Å². The summed E-state index contributed by atoms with van der Waals surface area (Å²) < 4.78 is 3.20. The Balaban J connectivity index is 1.72. The minimum Gasteiger partial charge on any atom is -0.317 e. The summed E-state index contributed by atoms with van der Waals surface area (Å²) in [7, 11) is 0. The lowest BCUT2D eigenvalue weighted by atomic mass is 10.1. The topological polar surface area (TPSA) is 49.6 Å². The summed E-state index contributed by atoms with van der Waals surface area (Å²) >= 11 is 3.68. The maximum atomic E-state index is 12.1. The molecule has 0 atom stereocenters. The molecule has 0 radical (unpaired) electrons. The molecule has 0 saturated carbocycles. The summed E-state index contributed by atoms with van der Waals surface area (Å²) in [6, 6.07) is 8.41. The summed E-state index contributed by atoms with van der Waals surface area (Å²) in [5, 5.41) is 4.20. The second-order valence-electron chi connectivity index (χ2n) is 7.20. The maximum absolute atomic E-state index is 12.1. The molecule has 1 aliphatic rings. The lowest BCUT2D eigenvalue weighted by molar-refractivity contribution is -0.122. The minimum absolute atomic E-state index is 0.0586. The number of benzene rings is 1. The van der Waals surface area contributed by atoms with E-state index in [1.54, 1.807) is 6.21 Å². The fourth-order valence-corrected chi connectivity index (χ4v) is 4.22. The quantitative estimate of drug-likeness (QED) is 0.573. The molecule has 0 spiro atoms. The first-order valence-corrected chi connectivity index (χ1v) is 10.3. The number of aromatic nitrogens is 1. The van der Waals surface area contributed by atoms with Crippen molar-refractivity contribution < 1.29 is 4.79 Å². The second kappa shape index (κ2) is 8.85. The Morgan fingerprint density at radius 3 is 2.63 bits per heavy atom. The molecule has 1 fully saturated rings. The third-order valence-electron chi connectivity index (χ3n) is 5.07. The SMILES string of the molecule is Cc1cccc(-n2c(C)c(Br)c(/C=N\NC(=O)CN3CCCCC3)c2C)c1. The molecule has 3 rings (SSSR count). The molecule has 0 aliphatic carbocycles. The van der Waals surface area contributed by atoms with Crippen LogP contribution in [0, 0.1) is 20.8 Å². The van der Waals surface area contributed by atoms with Gasteiger partial charge in [-0.3, -0.25) is 9.69 Å². The lowest BCUT2D eigenvalue weighted by Crippen LogP contribution is -2.38. The fraction of sp³-hybridized carbons (Fsp3) is 0.429. The van der Waals surface area contributed by atoms with E-state index in [9.17, 15) is 4.79 Å². The monoisotopic (exact) mass is 430 g/mol. The van der Waals surface area contributed by atoms with E-state index >= 15 is 0 Å². The van der Waals surface area contributed by atoms with Gasteiger partial charge in [0.15, 0.2) is 0 Å². The number of hydrogen-bond acceptors (Lipinski definition) is 3. The molecular weight excluding hydrogens is 404 g/mol. The third-order valence-corrected chi connectivity index (χ3v) is 6.07. The second-order valence-corrected chi connectivity index (χ2v) is 8.00. The van der Waals surface area contributed by atoms with Gasteiger partial charge in [-0.15, -0.1) is 0 Å². The van der Waals surface area contributed by atoms with Crippen LogP contribution in [0.5, 0.6) is 0 Å². The van der Waals surface area contributed by atoms with Crippen LogP contribution in [-0.4, -0.2) is 41.2 Å². The van der Waals surface area contributed by atoms with Crippen molar-refractivity contribution in [2.75, 3.05) is 19.6 Å². The van der Waals surface area contributed by atoms with Crippen LogP contribution in [0.25, 0.3) is 5.69 Å². The smallest absolute Gasteiger partial charge is 0.254 e. The largest absolute Gasteiger partial charge is 0.317 e. The lowest BCUT2D eigenvalue weighted by Gasteiger charge is -2.25. The van der Waals surface area contributed by atoms with Crippen LogP contribution in [0.1, 0.15) is 41.8 Å². The van der Waals surface area contributed by atoms with Crippen molar-refractivity contribution in [3.8, 4) is 5.69 Å². The molecule has 2 aromatic rings. The number of piperidine rings is 1. The van der Waals surface area contributed by atoms with E-state index in [2.05, 4.69) is 81.0 Å². The van der Waals surface area contributed by atoms with Crippen molar-refractivity contribution in [2.45, 2.75) is 40.0 Å². The highest BCUT2D eigenvalue weighted by Gasteiger charge is 2.16. The highest BCUT2D eigenvalue weighted by molar-refractivity contribution is 9.10. The molecule has 1 amide bonds. The molecular formula is C21H27BrN4O. The van der Waals surface area contributed by atoms with Crippen LogP contribution < -0.4 is 5.43 Å². The summed E-state index contributed by atoms with van der Waals surface area (Å²) in [5.74, 6) is -0.0586. The number of halogens is 1. The molecule has 1 N–H and O–H groups in total. The third kappa shape index (κ3) is 4.68. The van der Waals surface area contributed by atoms with Crippen LogP contribution in [0.4, 0.5) is 0 Å². The average Bonchev–Trinajstić information content (AvgIpc) is 2.86. The number of aryl methyl sites for hydroxylation is 1. The maximum Gasteiger partial charge on any atom is 0.254 e. The van der Waals surface area contributed by atoms with Gasteiger partial charge in [-0.05, 0) is 80.3 Å². The molecule has 0 unspecified atom stereocenters. The van der Waals surface area contributed by atoms with E-state index in [1.807, 2.05) is 0 Å². The Labute approximate surface area is 169 Å². The number of likely N-dealkylation sites (tertiary alicyclic amines) is 1.